The van der Waals surface area contributed by atoms with E-state index in [1.54, 1.807) is 18.2 Å². The molecule has 0 saturated carbocycles. The summed E-state index contributed by atoms with van der Waals surface area (Å²) in [5.41, 5.74) is 0.483. The second-order valence-corrected chi connectivity index (χ2v) is 9.45. The Morgan fingerprint density at radius 3 is 2.30 bits per heavy atom. The molecule has 0 aliphatic rings. The van der Waals surface area contributed by atoms with Crippen molar-refractivity contribution in [3.63, 3.8) is 0 Å². The summed E-state index contributed by atoms with van der Waals surface area (Å²) in [6, 6.07) is 11.2. The Hall–Kier alpha value is -3.14. The number of hydrogen-bond donors (Lipinski definition) is 1. The fourth-order valence-corrected chi connectivity index (χ4v) is 4.00. The van der Waals surface area contributed by atoms with E-state index in [2.05, 4.69) is 5.32 Å². The number of nitrogens with zero attached hydrogens (tertiary/aromatic N) is 2. The molecule has 10 heteroatoms. The number of amides is 2. The average Bonchev–Trinajstić information content (AvgIpc) is 2.79. The van der Waals surface area contributed by atoms with E-state index in [0.29, 0.717) is 18.7 Å². The first-order chi connectivity index (χ1) is 15.6. The molecule has 0 aliphatic heterocycles. The van der Waals surface area contributed by atoms with E-state index >= 15 is 0 Å². The minimum absolute atomic E-state index is 0.188. The molecule has 0 aliphatic carbocycles. The largest absolute Gasteiger partial charge is 0.497 e. The van der Waals surface area contributed by atoms with Crippen LogP contribution in [0, 0.1) is 5.82 Å². The highest BCUT2D eigenvalue weighted by atomic mass is 32.2. The molecule has 1 N–H and O–H groups in total. The summed E-state index contributed by atoms with van der Waals surface area (Å²) in [5.74, 6) is -1.04. The van der Waals surface area contributed by atoms with Crippen LogP contribution in [-0.2, 0) is 26.2 Å². The number of carbonyl (C=O) groups excluding carboxylic acids is 2. The van der Waals surface area contributed by atoms with Crippen LogP contribution in [0.1, 0.15) is 25.8 Å². The lowest BCUT2D eigenvalue weighted by atomic mass is 10.1. The second kappa shape index (κ2) is 11.6. The van der Waals surface area contributed by atoms with E-state index in [1.165, 1.54) is 49.3 Å². The van der Waals surface area contributed by atoms with Gasteiger partial charge in [0.25, 0.3) is 0 Å². The quantitative estimate of drug-likeness (QED) is 0.534. The lowest BCUT2D eigenvalue weighted by Gasteiger charge is -2.31. The summed E-state index contributed by atoms with van der Waals surface area (Å²) in [7, 11) is -2.35. The van der Waals surface area contributed by atoms with Gasteiger partial charge in [-0.05, 0) is 43.7 Å². The van der Waals surface area contributed by atoms with Crippen molar-refractivity contribution in [3.8, 4) is 5.75 Å². The molecule has 0 fully saturated rings. The van der Waals surface area contributed by atoms with Gasteiger partial charge >= 0.3 is 0 Å². The van der Waals surface area contributed by atoms with Crippen molar-refractivity contribution in [2.24, 2.45) is 0 Å². The Kier molecular flexibility index (Phi) is 9.22. The van der Waals surface area contributed by atoms with E-state index in [1.807, 2.05) is 6.92 Å². The molecule has 0 radical (unpaired) electrons. The predicted molar refractivity (Wildman–Crippen MR) is 125 cm³/mol. The van der Waals surface area contributed by atoms with Crippen LogP contribution in [0.2, 0.25) is 0 Å². The van der Waals surface area contributed by atoms with Gasteiger partial charge in [0.2, 0.25) is 21.8 Å². The standard InChI is InChI=1S/C23H30FN3O5S/c1-5-14-25-23(29)17(2)26(15-18-8-6-7-9-21(18)24)22(28)16-27(33(4,30)31)19-10-12-20(32-3)13-11-19/h6-13,17H,5,14-16H2,1-4H3,(H,25,29)/t17-/m0/s1. The Balaban J connectivity index is 2.37. The number of ether oxygens (including phenoxy) is 1. The van der Waals surface area contributed by atoms with Gasteiger partial charge in [0, 0.05) is 18.7 Å². The molecule has 2 rings (SSSR count). The first-order valence-corrected chi connectivity index (χ1v) is 12.4. The zero-order valence-corrected chi connectivity index (χ0v) is 20.1. The van der Waals surface area contributed by atoms with Crippen molar-refractivity contribution in [1.82, 2.24) is 10.2 Å². The van der Waals surface area contributed by atoms with Gasteiger partial charge in [0.15, 0.2) is 0 Å². The third-order valence-electron chi connectivity index (χ3n) is 5.05. The van der Waals surface area contributed by atoms with Crippen LogP contribution in [-0.4, -0.2) is 57.6 Å². The van der Waals surface area contributed by atoms with Crippen LogP contribution in [0.4, 0.5) is 10.1 Å². The average molecular weight is 480 g/mol. The maximum atomic E-state index is 14.3. The Morgan fingerprint density at radius 2 is 1.76 bits per heavy atom. The fraction of sp³-hybridized carbons (Fsp3) is 0.391. The first-order valence-electron chi connectivity index (χ1n) is 10.5. The third kappa shape index (κ3) is 7.18. The van der Waals surface area contributed by atoms with Crippen molar-refractivity contribution >= 4 is 27.5 Å². The lowest BCUT2D eigenvalue weighted by Crippen LogP contribution is -2.51. The van der Waals surface area contributed by atoms with E-state index in [9.17, 15) is 22.4 Å². The minimum atomic E-state index is -3.84. The summed E-state index contributed by atoms with van der Waals surface area (Å²) in [6.07, 6.45) is 1.70. The molecular weight excluding hydrogens is 449 g/mol. The van der Waals surface area contributed by atoms with E-state index < -0.39 is 40.2 Å². The predicted octanol–water partition coefficient (Wildman–Crippen LogP) is 2.54. The summed E-state index contributed by atoms with van der Waals surface area (Å²) < 4.78 is 45.3. The van der Waals surface area contributed by atoms with Crippen LogP contribution < -0.4 is 14.4 Å². The number of anilines is 1. The first kappa shape index (κ1) is 26.1. The molecule has 0 unspecified atom stereocenters. The molecular formula is C23H30FN3O5S. The molecule has 0 spiro atoms. The normalized spacial score (nSPS) is 12.0. The van der Waals surface area contributed by atoms with Gasteiger partial charge in [-0.2, -0.15) is 0 Å². The highest BCUT2D eigenvalue weighted by molar-refractivity contribution is 7.92. The molecule has 180 valence electrons. The topological polar surface area (TPSA) is 96.0 Å². The summed E-state index contributed by atoms with van der Waals surface area (Å²) >= 11 is 0. The van der Waals surface area contributed by atoms with Crippen molar-refractivity contribution < 1.29 is 27.1 Å². The van der Waals surface area contributed by atoms with Crippen LogP contribution in [0.5, 0.6) is 5.75 Å². The summed E-state index contributed by atoms with van der Waals surface area (Å²) in [6.45, 7) is 3.11. The number of benzene rings is 2. The Bertz CT molecular complexity index is 1060. The van der Waals surface area contributed by atoms with E-state index in [4.69, 9.17) is 4.74 Å². The van der Waals surface area contributed by atoms with Crippen LogP contribution in [0.3, 0.4) is 0 Å². The van der Waals surface area contributed by atoms with Crippen molar-refractivity contribution in [2.45, 2.75) is 32.9 Å². The van der Waals surface area contributed by atoms with Gasteiger partial charge in [0.1, 0.15) is 24.2 Å². The molecule has 0 saturated heterocycles. The SMILES string of the molecule is CCCNC(=O)[C@H](C)N(Cc1ccccc1F)C(=O)CN(c1ccc(OC)cc1)S(C)(=O)=O. The number of methoxy groups -OCH3 is 1. The van der Waals surface area contributed by atoms with Crippen molar-refractivity contribution in [2.75, 3.05) is 30.8 Å². The summed E-state index contributed by atoms with van der Waals surface area (Å²) in [5, 5.41) is 2.72. The molecule has 0 bridgehead atoms. The molecule has 1 atom stereocenters. The third-order valence-corrected chi connectivity index (χ3v) is 6.20. The Morgan fingerprint density at radius 1 is 1.12 bits per heavy atom. The van der Waals surface area contributed by atoms with Gasteiger partial charge in [-0.15, -0.1) is 0 Å². The molecule has 0 aromatic heterocycles. The van der Waals surface area contributed by atoms with E-state index in [-0.39, 0.29) is 17.8 Å². The fourth-order valence-electron chi connectivity index (χ4n) is 3.15. The molecule has 2 aromatic carbocycles. The van der Waals surface area contributed by atoms with Crippen LogP contribution >= 0.6 is 0 Å². The monoisotopic (exact) mass is 479 g/mol. The van der Waals surface area contributed by atoms with Crippen molar-refractivity contribution in [1.29, 1.82) is 0 Å². The number of rotatable bonds is 11. The number of hydrogen-bond acceptors (Lipinski definition) is 5. The van der Waals surface area contributed by atoms with Gasteiger partial charge in [0.05, 0.1) is 19.1 Å². The van der Waals surface area contributed by atoms with E-state index in [0.717, 1.165) is 10.6 Å². The summed E-state index contributed by atoms with van der Waals surface area (Å²) in [4.78, 5) is 27.1. The Labute approximate surface area is 194 Å². The molecule has 0 heterocycles. The maximum Gasteiger partial charge on any atom is 0.244 e. The molecule has 33 heavy (non-hydrogen) atoms. The number of nitrogens with one attached hydrogen (secondary N) is 1. The van der Waals surface area contributed by atoms with Gasteiger partial charge in [-0.25, -0.2) is 12.8 Å². The molecule has 2 amide bonds. The zero-order chi connectivity index (χ0) is 24.6. The second-order valence-electron chi connectivity index (χ2n) is 7.55. The number of halogens is 1. The van der Waals surface area contributed by atoms with Crippen molar-refractivity contribution in [3.05, 3.63) is 59.9 Å². The van der Waals surface area contributed by atoms with Gasteiger partial charge in [-0.3, -0.25) is 13.9 Å². The lowest BCUT2D eigenvalue weighted by molar-refractivity contribution is -0.139. The number of carbonyl (C=O) groups is 2. The van der Waals surface area contributed by atoms with Gasteiger partial charge < -0.3 is 15.0 Å². The highest BCUT2D eigenvalue weighted by Gasteiger charge is 2.30. The molecule has 2 aromatic rings. The highest BCUT2D eigenvalue weighted by Crippen LogP contribution is 2.22. The zero-order valence-electron chi connectivity index (χ0n) is 19.2. The van der Waals surface area contributed by atoms with Gasteiger partial charge in [-0.1, -0.05) is 25.1 Å². The smallest absolute Gasteiger partial charge is 0.244 e. The van der Waals surface area contributed by atoms with Crippen LogP contribution in [0.15, 0.2) is 48.5 Å². The van der Waals surface area contributed by atoms with Crippen LogP contribution in [0.25, 0.3) is 0 Å². The number of sulfonamides is 1. The minimum Gasteiger partial charge on any atom is -0.497 e. The molecule has 8 nitrogen and oxygen atoms in total. The maximum absolute atomic E-state index is 14.3.